The van der Waals surface area contributed by atoms with Gasteiger partial charge in [-0.2, -0.15) is 0 Å². The van der Waals surface area contributed by atoms with E-state index >= 15 is 0 Å². The molecular formula is C22H32ClIN6S. The molecule has 0 radical (unpaired) electrons. The number of guanidine groups is 1. The third kappa shape index (κ3) is 6.94. The van der Waals surface area contributed by atoms with Crippen LogP contribution in [0, 0.1) is 5.92 Å². The van der Waals surface area contributed by atoms with Crippen LogP contribution in [0.1, 0.15) is 24.1 Å². The second kappa shape index (κ2) is 12.2. The molecule has 0 aromatic carbocycles. The topological polar surface area (TPSA) is 55.8 Å². The Bertz CT molecular complexity index is 833. The Labute approximate surface area is 211 Å². The molecule has 31 heavy (non-hydrogen) atoms. The Kier molecular flexibility index (Phi) is 9.68. The summed E-state index contributed by atoms with van der Waals surface area (Å²) < 4.78 is 0. The summed E-state index contributed by atoms with van der Waals surface area (Å²) in [5, 5.41) is 10.0. The van der Waals surface area contributed by atoms with Crippen LogP contribution < -0.4 is 15.5 Å². The van der Waals surface area contributed by atoms with Crippen LogP contribution in [0.15, 0.2) is 40.8 Å². The zero-order chi connectivity index (χ0) is 20.8. The van der Waals surface area contributed by atoms with Gasteiger partial charge < -0.3 is 15.5 Å². The smallest absolute Gasteiger partial charge is 0.191 e. The molecule has 0 spiro atoms. The molecule has 0 aliphatic carbocycles. The molecule has 2 aromatic heterocycles. The van der Waals surface area contributed by atoms with Crippen molar-refractivity contribution < 1.29 is 0 Å². The van der Waals surface area contributed by atoms with Crippen LogP contribution in [0.2, 0.25) is 5.02 Å². The van der Waals surface area contributed by atoms with Gasteiger partial charge in [0, 0.05) is 56.9 Å². The summed E-state index contributed by atoms with van der Waals surface area (Å²) in [6.07, 6.45) is 5.40. The van der Waals surface area contributed by atoms with Crippen LogP contribution in [-0.2, 0) is 6.54 Å². The molecule has 9 heteroatoms. The highest BCUT2D eigenvalue weighted by atomic mass is 127. The second-order valence-corrected chi connectivity index (χ2v) is 9.60. The van der Waals surface area contributed by atoms with Crippen LogP contribution in [0.4, 0.5) is 5.82 Å². The molecule has 2 aliphatic heterocycles. The highest BCUT2D eigenvalue weighted by molar-refractivity contribution is 14.0. The van der Waals surface area contributed by atoms with Crippen molar-refractivity contribution >= 4 is 58.7 Å². The first-order valence-corrected chi connectivity index (χ1v) is 12.0. The van der Waals surface area contributed by atoms with Crippen LogP contribution in [0.5, 0.6) is 0 Å². The normalized spacial score (nSPS) is 22.3. The number of rotatable bonds is 6. The molecule has 4 heterocycles. The molecule has 2 N–H and O–H groups in total. The van der Waals surface area contributed by atoms with E-state index in [-0.39, 0.29) is 24.0 Å². The number of aromatic nitrogens is 1. The van der Waals surface area contributed by atoms with Gasteiger partial charge in [0.05, 0.1) is 5.02 Å². The molecule has 0 amide bonds. The minimum atomic E-state index is 0. The summed E-state index contributed by atoms with van der Waals surface area (Å²) in [5.41, 5.74) is 0. The quantitative estimate of drug-likeness (QED) is 0.310. The van der Waals surface area contributed by atoms with Gasteiger partial charge >= 0.3 is 0 Å². The fraction of sp³-hybridized carbons (Fsp3) is 0.545. The highest BCUT2D eigenvalue weighted by Gasteiger charge is 2.26. The molecule has 2 aliphatic rings. The lowest BCUT2D eigenvalue weighted by molar-refractivity contribution is 0.169. The van der Waals surface area contributed by atoms with E-state index in [2.05, 4.69) is 47.9 Å². The number of piperidine rings is 1. The van der Waals surface area contributed by atoms with Gasteiger partial charge in [0.1, 0.15) is 5.82 Å². The number of hydrogen-bond acceptors (Lipinski definition) is 5. The van der Waals surface area contributed by atoms with E-state index in [0.29, 0.717) is 17.0 Å². The van der Waals surface area contributed by atoms with Crippen molar-refractivity contribution in [3.8, 4) is 0 Å². The predicted octanol–water partition coefficient (Wildman–Crippen LogP) is 4.07. The van der Waals surface area contributed by atoms with E-state index in [0.717, 1.165) is 50.9 Å². The van der Waals surface area contributed by atoms with Crippen LogP contribution in [-0.4, -0.2) is 61.7 Å². The lowest BCUT2D eigenvalue weighted by Gasteiger charge is -2.33. The maximum Gasteiger partial charge on any atom is 0.191 e. The summed E-state index contributed by atoms with van der Waals surface area (Å²) in [6.45, 7) is 6.23. The maximum atomic E-state index is 6.31. The zero-order valence-corrected chi connectivity index (χ0v) is 21.9. The van der Waals surface area contributed by atoms with Crippen molar-refractivity contribution in [2.24, 2.45) is 10.9 Å². The predicted molar refractivity (Wildman–Crippen MR) is 142 cm³/mol. The monoisotopic (exact) mass is 574 g/mol. The molecule has 2 aromatic rings. The SMILES string of the molecule is CN=C(NCC1CCCN(Cc2cccs2)C1)NC1CCN(c2ncccc2Cl)C1.I. The maximum absolute atomic E-state index is 6.31. The van der Waals surface area contributed by atoms with Crippen LogP contribution >= 0.6 is 46.9 Å². The van der Waals surface area contributed by atoms with Gasteiger partial charge in [-0.05, 0) is 55.3 Å². The minimum Gasteiger partial charge on any atom is -0.356 e. The minimum absolute atomic E-state index is 0. The van der Waals surface area contributed by atoms with E-state index in [1.807, 2.05) is 30.5 Å². The highest BCUT2D eigenvalue weighted by Crippen LogP contribution is 2.25. The molecule has 6 nitrogen and oxygen atoms in total. The van der Waals surface area contributed by atoms with Crippen molar-refractivity contribution in [3.05, 3.63) is 45.7 Å². The molecular weight excluding hydrogens is 543 g/mol. The molecule has 0 saturated carbocycles. The van der Waals surface area contributed by atoms with Crippen molar-refractivity contribution in [2.45, 2.75) is 31.8 Å². The number of aliphatic imine (C=N–C) groups is 1. The van der Waals surface area contributed by atoms with Crippen molar-refractivity contribution in [3.63, 3.8) is 0 Å². The molecule has 4 rings (SSSR count). The second-order valence-electron chi connectivity index (χ2n) is 8.16. The molecule has 2 saturated heterocycles. The van der Waals surface area contributed by atoms with E-state index < -0.39 is 0 Å². The summed E-state index contributed by atoms with van der Waals surface area (Å²) in [4.78, 5) is 15.2. The Balaban J connectivity index is 0.00000272. The Morgan fingerprint density at radius 1 is 1.26 bits per heavy atom. The molecule has 170 valence electrons. The summed E-state index contributed by atoms with van der Waals surface area (Å²) in [7, 11) is 1.85. The molecule has 2 fully saturated rings. The van der Waals surface area contributed by atoms with E-state index in [1.165, 1.54) is 24.3 Å². The Morgan fingerprint density at radius 3 is 2.94 bits per heavy atom. The van der Waals surface area contributed by atoms with Crippen LogP contribution in [0.25, 0.3) is 0 Å². The van der Waals surface area contributed by atoms with Gasteiger partial charge in [-0.15, -0.1) is 35.3 Å². The molecule has 2 unspecified atom stereocenters. The first-order chi connectivity index (χ1) is 14.7. The number of likely N-dealkylation sites (tertiary alicyclic amines) is 1. The number of halogens is 2. The summed E-state index contributed by atoms with van der Waals surface area (Å²) in [6, 6.07) is 8.50. The Morgan fingerprint density at radius 2 is 2.16 bits per heavy atom. The largest absolute Gasteiger partial charge is 0.356 e. The van der Waals surface area contributed by atoms with Gasteiger partial charge in [-0.1, -0.05) is 17.7 Å². The fourth-order valence-corrected chi connectivity index (χ4v) is 5.38. The van der Waals surface area contributed by atoms with Gasteiger partial charge in [-0.3, -0.25) is 9.89 Å². The third-order valence-corrected chi connectivity index (χ3v) is 7.07. The van der Waals surface area contributed by atoms with Gasteiger partial charge in [-0.25, -0.2) is 4.98 Å². The number of nitrogens with zero attached hydrogens (tertiary/aromatic N) is 4. The lowest BCUT2D eigenvalue weighted by atomic mass is 9.98. The van der Waals surface area contributed by atoms with E-state index in [1.54, 1.807) is 6.20 Å². The third-order valence-electron chi connectivity index (χ3n) is 5.91. The number of hydrogen-bond donors (Lipinski definition) is 2. The number of pyridine rings is 1. The lowest BCUT2D eigenvalue weighted by Crippen LogP contribution is -2.47. The van der Waals surface area contributed by atoms with Gasteiger partial charge in [0.25, 0.3) is 0 Å². The average molecular weight is 575 g/mol. The van der Waals surface area contributed by atoms with Crippen molar-refractivity contribution in [1.82, 2.24) is 20.5 Å². The van der Waals surface area contributed by atoms with Crippen molar-refractivity contribution in [1.29, 1.82) is 0 Å². The van der Waals surface area contributed by atoms with Crippen LogP contribution in [0.3, 0.4) is 0 Å². The van der Waals surface area contributed by atoms with Crippen molar-refractivity contribution in [2.75, 3.05) is 44.7 Å². The Hall–Kier alpha value is -1.10. The zero-order valence-electron chi connectivity index (χ0n) is 18.0. The first kappa shape index (κ1) is 24.5. The number of nitrogens with one attached hydrogen (secondary N) is 2. The van der Waals surface area contributed by atoms with Gasteiger partial charge in [0.15, 0.2) is 5.96 Å². The number of anilines is 1. The number of thiophene rings is 1. The van der Waals surface area contributed by atoms with Gasteiger partial charge in [0.2, 0.25) is 0 Å². The van der Waals surface area contributed by atoms with E-state index in [9.17, 15) is 0 Å². The average Bonchev–Trinajstić information content (AvgIpc) is 3.44. The standard InChI is InChI=1S/C22H31ClN6S.HI/c1-24-22(27-18-8-11-29(15-18)21-20(23)7-2-9-25-21)26-13-17-5-3-10-28(14-17)16-19-6-4-12-30-19;/h2,4,6-7,9,12,17-18H,3,5,8,10-11,13-16H2,1H3,(H2,24,26,27);1H. The summed E-state index contributed by atoms with van der Waals surface area (Å²) >= 11 is 8.17. The molecule has 2 atom stereocenters. The first-order valence-electron chi connectivity index (χ1n) is 10.8. The summed E-state index contributed by atoms with van der Waals surface area (Å²) in [5.74, 6) is 2.42. The fourth-order valence-electron chi connectivity index (χ4n) is 4.39. The molecule has 0 bridgehead atoms. The van der Waals surface area contributed by atoms with E-state index in [4.69, 9.17) is 11.6 Å².